The van der Waals surface area contributed by atoms with Crippen LogP contribution in [0.3, 0.4) is 0 Å². The maximum Gasteiger partial charge on any atom is 0.287 e. The molecule has 3 aromatic rings. The van der Waals surface area contributed by atoms with Gasteiger partial charge in [-0.1, -0.05) is 0 Å². The van der Waals surface area contributed by atoms with Crippen LogP contribution in [0.25, 0.3) is 5.69 Å². The summed E-state index contributed by atoms with van der Waals surface area (Å²) in [7, 11) is 5.65. The van der Waals surface area contributed by atoms with E-state index in [0.29, 0.717) is 6.54 Å². The van der Waals surface area contributed by atoms with Crippen molar-refractivity contribution in [3.05, 3.63) is 54.3 Å². The highest BCUT2D eigenvalue weighted by Gasteiger charge is 2.18. The topological polar surface area (TPSA) is 110 Å². The van der Waals surface area contributed by atoms with Gasteiger partial charge in [-0.15, -0.1) is 0 Å². The van der Waals surface area contributed by atoms with E-state index in [0.717, 1.165) is 11.3 Å². The Kier molecular flexibility index (Phi) is 6.13. The maximum atomic E-state index is 12.4. The average molecular weight is 399 g/mol. The summed E-state index contributed by atoms with van der Waals surface area (Å²) in [5.74, 6) is -0.345. The molecule has 0 saturated heterocycles. The number of carbonyl (C=O) groups excluding carboxylic acids is 2. The van der Waals surface area contributed by atoms with Crippen molar-refractivity contribution in [2.75, 3.05) is 20.6 Å². The third kappa shape index (κ3) is 5.11. The second-order valence-electron chi connectivity index (χ2n) is 7.14. The van der Waals surface area contributed by atoms with Crippen LogP contribution in [0.2, 0.25) is 0 Å². The van der Waals surface area contributed by atoms with E-state index in [9.17, 15) is 9.59 Å². The normalized spacial score (nSPS) is 12.2. The minimum atomic E-state index is -0.319. The number of nitrogens with one attached hydrogen (secondary N) is 2. The van der Waals surface area contributed by atoms with Crippen LogP contribution in [-0.2, 0) is 13.6 Å². The van der Waals surface area contributed by atoms with E-state index in [2.05, 4.69) is 20.7 Å². The zero-order chi connectivity index (χ0) is 21.0. The molecule has 0 aliphatic heterocycles. The molecule has 1 atom stereocenters. The van der Waals surface area contributed by atoms with Crippen LogP contribution in [-0.4, -0.2) is 62.7 Å². The van der Waals surface area contributed by atoms with E-state index < -0.39 is 0 Å². The highest BCUT2D eigenvalue weighted by atomic mass is 16.3. The molecule has 0 radical (unpaired) electrons. The lowest BCUT2D eigenvalue weighted by atomic mass is 10.2. The lowest BCUT2D eigenvalue weighted by molar-refractivity contribution is 0.0894. The van der Waals surface area contributed by atoms with Crippen molar-refractivity contribution in [1.82, 2.24) is 34.9 Å². The molecule has 0 aliphatic rings. The van der Waals surface area contributed by atoms with Crippen LogP contribution in [0.1, 0.15) is 33.5 Å². The van der Waals surface area contributed by atoms with Crippen molar-refractivity contribution in [3.63, 3.8) is 0 Å². The molecular weight excluding hydrogens is 374 g/mol. The zero-order valence-corrected chi connectivity index (χ0v) is 16.9. The number of imidazole rings is 1. The lowest BCUT2D eigenvalue weighted by Crippen LogP contribution is -2.42. The van der Waals surface area contributed by atoms with E-state index in [-0.39, 0.29) is 35.9 Å². The van der Waals surface area contributed by atoms with Gasteiger partial charge in [-0.05, 0) is 27.1 Å². The van der Waals surface area contributed by atoms with Crippen molar-refractivity contribution in [2.24, 2.45) is 7.05 Å². The monoisotopic (exact) mass is 399 g/mol. The van der Waals surface area contributed by atoms with E-state index in [1.807, 2.05) is 32.2 Å². The molecule has 0 aliphatic carbocycles. The standard InChI is InChI=1S/C19H25N7O3/c1-13(7-20-19(28)17-14(5-6-29-17)9-24(2)3)23-18(27)16-11-26(12-21-16)15-8-22-25(4)10-15/h5-6,8,10-13H,7,9H2,1-4H3,(H,20,28)(H,23,27). The van der Waals surface area contributed by atoms with Crippen molar-refractivity contribution < 1.29 is 14.0 Å². The summed E-state index contributed by atoms with van der Waals surface area (Å²) in [6.07, 6.45) is 8.19. The fraction of sp³-hybridized carbons (Fsp3) is 0.368. The Morgan fingerprint density at radius 3 is 2.76 bits per heavy atom. The molecular formula is C19H25N7O3. The van der Waals surface area contributed by atoms with Crippen molar-refractivity contribution in [3.8, 4) is 5.69 Å². The first-order chi connectivity index (χ1) is 13.8. The molecule has 0 fully saturated rings. The van der Waals surface area contributed by atoms with Gasteiger partial charge in [0, 0.05) is 44.1 Å². The lowest BCUT2D eigenvalue weighted by Gasteiger charge is -2.14. The second kappa shape index (κ2) is 8.74. The van der Waals surface area contributed by atoms with Gasteiger partial charge >= 0.3 is 0 Å². The molecule has 0 spiro atoms. The van der Waals surface area contributed by atoms with Gasteiger partial charge in [-0.3, -0.25) is 14.3 Å². The smallest absolute Gasteiger partial charge is 0.287 e. The summed E-state index contributed by atoms with van der Waals surface area (Å²) in [6.45, 7) is 2.67. The molecule has 10 nitrogen and oxygen atoms in total. The Morgan fingerprint density at radius 2 is 2.07 bits per heavy atom. The molecule has 0 bridgehead atoms. The quantitative estimate of drug-likeness (QED) is 0.580. The summed E-state index contributed by atoms with van der Waals surface area (Å²) in [4.78, 5) is 30.9. The predicted molar refractivity (Wildman–Crippen MR) is 106 cm³/mol. The van der Waals surface area contributed by atoms with E-state index in [1.54, 1.807) is 41.0 Å². The third-order valence-corrected chi connectivity index (χ3v) is 4.19. The zero-order valence-electron chi connectivity index (χ0n) is 16.9. The average Bonchev–Trinajstić information content (AvgIpc) is 3.39. The highest BCUT2D eigenvalue weighted by molar-refractivity contribution is 5.93. The Morgan fingerprint density at radius 1 is 1.28 bits per heavy atom. The summed E-state index contributed by atoms with van der Waals surface area (Å²) < 4.78 is 8.70. The van der Waals surface area contributed by atoms with Gasteiger partial charge in [0.25, 0.3) is 11.8 Å². The van der Waals surface area contributed by atoms with Crippen LogP contribution >= 0.6 is 0 Å². The molecule has 1 unspecified atom stereocenters. The summed E-state index contributed by atoms with van der Waals surface area (Å²) >= 11 is 0. The highest BCUT2D eigenvalue weighted by Crippen LogP contribution is 2.12. The van der Waals surface area contributed by atoms with E-state index in [1.165, 1.54) is 6.26 Å². The van der Waals surface area contributed by atoms with Gasteiger partial charge in [0.1, 0.15) is 12.0 Å². The minimum absolute atomic E-state index is 0.260. The molecule has 2 amide bonds. The number of hydrogen-bond acceptors (Lipinski definition) is 6. The Bertz CT molecular complexity index is 986. The second-order valence-corrected chi connectivity index (χ2v) is 7.14. The molecule has 3 heterocycles. The van der Waals surface area contributed by atoms with E-state index >= 15 is 0 Å². The summed E-state index contributed by atoms with van der Waals surface area (Å²) in [6, 6.07) is 1.49. The molecule has 3 aromatic heterocycles. The number of amides is 2. The molecule has 2 N–H and O–H groups in total. The number of carbonyl (C=O) groups is 2. The first-order valence-corrected chi connectivity index (χ1v) is 9.16. The van der Waals surface area contributed by atoms with E-state index in [4.69, 9.17) is 4.42 Å². The van der Waals surface area contributed by atoms with Gasteiger partial charge in [-0.25, -0.2) is 4.98 Å². The summed E-state index contributed by atoms with van der Waals surface area (Å²) in [5.41, 5.74) is 1.91. The van der Waals surface area contributed by atoms with Gasteiger partial charge < -0.3 is 24.5 Å². The first kappa shape index (κ1) is 20.3. The molecule has 154 valence electrons. The van der Waals surface area contributed by atoms with Crippen molar-refractivity contribution in [2.45, 2.75) is 19.5 Å². The van der Waals surface area contributed by atoms with Gasteiger partial charge in [0.15, 0.2) is 5.76 Å². The van der Waals surface area contributed by atoms with Crippen molar-refractivity contribution >= 4 is 11.8 Å². The molecule has 0 saturated carbocycles. The fourth-order valence-electron chi connectivity index (χ4n) is 2.80. The van der Waals surface area contributed by atoms with Gasteiger partial charge in [0.05, 0.1) is 18.1 Å². The molecule has 3 rings (SSSR count). The fourth-order valence-corrected chi connectivity index (χ4v) is 2.80. The molecule has 10 heteroatoms. The Balaban J connectivity index is 1.52. The van der Waals surface area contributed by atoms with Gasteiger partial charge in [0.2, 0.25) is 0 Å². The van der Waals surface area contributed by atoms with Crippen molar-refractivity contribution in [1.29, 1.82) is 0 Å². The number of aromatic nitrogens is 4. The van der Waals surface area contributed by atoms with Crippen LogP contribution < -0.4 is 10.6 Å². The number of nitrogens with zero attached hydrogens (tertiary/aromatic N) is 5. The largest absolute Gasteiger partial charge is 0.459 e. The van der Waals surface area contributed by atoms with Crippen LogP contribution in [0.15, 0.2) is 41.7 Å². The van der Waals surface area contributed by atoms with Crippen LogP contribution in [0.5, 0.6) is 0 Å². The van der Waals surface area contributed by atoms with Gasteiger partial charge in [-0.2, -0.15) is 5.10 Å². The number of aryl methyl sites for hydroxylation is 1. The summed E-state index contributed by atoms with van der Waals surface area (Å²) in [5, 5.41) is 9.71. The molecule has 29 heavy (non-hydrogen) atoms. The number of hydrogen-bond donors (Lipinski definition) is 2. The number of rotatable bonds is 8. The SMILES string of the molecule is CC(CNC(=O)c1occc1CN(C)C)NC(=O)c1cn(-c2cnn(C)c2)cn1. The molecule has 0 aromatic carbocycles. The Labute approximate surface area is 168 Å². The minimum Gasteiger partial charge on any atom is -0.459 e. The Hall–Kier alpha value is -3.40. The first-order valence-electron chi connectivity index (χ1n) is 9.16. The third-order valence-electron chi connectivity index (χ3n) is 4.19. The number of furan rings is 1. The predicted octanol–water partition coefficient (Wildman–Crippen LogP) is 0.809. The van der Waals surface area contributed by atoms with Crippen LogP contribution in [0.4, 0.5) is 0 Å². The van der Waals surface area contributed by atoms with Crippen LogP contribution in [0, 0.1) is 0 Å². The maximum absolute atomic E-state index is 12.4.